The molecule has 0 amide bonds. The molecule has 1 atom stereocenters. The Kier molecular flexibility index (Phi) is 3.68. The van der Waals surface area contributed by atoms with Crippen molar-refractivity contribution in [3.8, 4) is 0 Å². The van der Waals surface area contributed by atoms with E-state index in [9.17, 15) is 9.59 Å². The number of carbonyl (C=O) groups is 2. The molecule has 0 spiro atoms. The van der Waals surface area contributed by atoms with Gasteiger partial charge in [0.25, 0.3) is 0 Å². The molecule has 2 nitrogen and oxygen atoms in total. The van der Waals surface area contributed by atoms with Crippen LogP contribution in [-0.4, -0.2) is 11.6 Å². The molecule has 0 aliphatic heterocycles. The molecule has 2 aromatic rings. The molecule has 0 aliphatic rings. The Labute approximate surface area is 106 Å². The van der Waals surface area contributed by atoms with Crippen LogP contribution in [0.15, 0.2) is 54.6 Å². The van der Waals surface area contributed by atoms with E-state index in [1.54, 1.807) is 42.5 Å². The first-order valence-corrected chi connectivity index (χ1v) is 5.76. The minimum Gasteiger partial charge on any atom is -0.299 e. The number of Topliss-reactive ketones (excluding diaryl/α,β-unsaturated/α-hetero) is 2. The molecule has 0 fully saturated rings. The maximum atomic E-state index is 12.3. The first-order chi connectivity index (χ1) is 8.70. The Bertz CT molecular complexity index is 544. The zero-order valence-electron chi connectivity index (χ0n) is 10.1. The van der Waals surface area contributed by atoms with E-state index in [-0.39, 0.29) is 11.6 Å². The lowest BCUT2D eigenvalue weighted by Gasteiger charge is -2.17. The molecular weight excluding hydrogens is 224 g/mol. The lowest BCUT2D eigenvalue weighted by atomic mass is 9.88. The number of benzene rings is 2. The molecule has 18 heavy (non-hydrogen) atoms. The number of ketones is 2. The summed E-state index contributed by atoms with van der Waals surface area (Å²) in [5.41, 5.74) is 1.17. The van der Waals surface area contributed by atoms with Gasteiger partial charge in [0, 0.05) is 5.56 Å². The molecule has 0 aliphatic carbocycles. The van der Waals surface area contributed by atoms with Gasteiger partial charge in [0.05, 0.1) is 5.92 Å². The fourth-order valence-corrected chi connectivity index (χ4v) is 1.90. The maximum absolute atomic E-state index is 12.3. The summed E-state index contributed by atoms with van der Waals surface area (Å²) in [5.74, 6) is -1.09. The summed E-state index contributed by atoms with van der Waals surface area (Å²) >= 11 is 0. The molecule has 0 saturated carbocycles. The van der Waals surface area contributed by atoms with E-state index >= 15 is 0 Å². The molecule has 2 aromatic carbocycles. The van der Waals surface area contributed by atoms with E-state index in [0.29, 0.717) is 11.1 Å². The molecule has 0 saturated heterocycles. The van der Waals surface area contributed by atoms with Gasteiger partial charge in [-0.3, -0.25) is 9.59 Å². The minimum absolute atomic E-state index is 0.161. The quantitative estimate of drug-likeness (QED) is 0.465. The third kappa shape index (κ3) is 2.54. The Morgan fingerprint density at radius 3 is 2.22 bits per heavy atom. The van der Waals surface area contributed by atoms with Gasteiger partial charge < -0.3 is 0 Å². The SMILES string of the molecule is CC(=O)C(C(=O)c1ccccc1)c1[c-]cccc1. The monoisotopic (exact) mass is 237 g/mol. The van der Waals surface area contributed by atoms with Gasteiger partial charge in [0.1, 0.15) is 5.78 Å². The fraction of sp³-hybridized carbons (Fsp3) is 0.125. The van der Waals surface area contributed by atoms with Crippen molar-refractivity contribution >= 4 is 11.6 Å². The second kappa shape index (κ2) is 5.41. The van der Waals surface area contributed by atoms with Gasteiger partial charge in [-0.1, -0.05) is 30.3 Å². The van der Waals surface area contributed by atoms with Crippen molar-refractivity contribution in [2.45, 2.75) is 12.8 Å². The van der Waals surface area contributed by atoms with Gasteiger partial charge in [-0.15, -0.1) is 5.56 Å². The van der Waals surface area contributed by atoms with E-state index in [2.05, 4.69) is 6.07 Å². The standard InChI is InChI=1S/C16H13O2/c1-12(17)15(13-8-4-2-5-9-13)16(18)14-10-6-3-7-11-14/h2-8,10-11,15H,1H3/q-1. The van der Waals surface area contributed by atoms with Gasteiger partial charge in [-0.25, -0.2) is 0 Å². The second-order valence-electron chi connectivity index (χ2n) is 4.09. The molecule has 0 radical (unpaired) electrons. The number of hydrogen-bond acceptors (Lipinski definition) is 2. The summed E-state index contributed by atoms with van der Waals surface area (Å²) in [6.45, 7) is 1.44. The van der Waals surface area contributed by atoms with Crippen LogP contribution in [0.1, 0.15) is 28.8 Å². The van der Waals surface area contributed by atoms with Crippen molar-refractivity contribution < 1.29 is 9.59 Å². The van der Waals surface area contributed by atoms with Crippen LogP contribution in [0.5, 0.6) is 0 Å². The summed E-state index contributed by atoms with van der Waals surface area (Å²) in [6.07, 6.45) is 0. The molecule has 0 aromatic heterocycles. The highest BCUT2D eigenvalue weighted by atomic mass is 16.1. The molecule has 90 valence electrons. The van der Waals surface area contributed by atoms with Crippen LogP contribution in [0.3, 0.4) is 0 Å². The smallest absolute Gasteiger partial charge is 0.175 e. The van der Waals surface area contributed by atoms with Crippen LogP contribution in [-0.2, 0) is 4.79 Å². The predicted molar refractivity (Wildman–Crippen MR) is 69.5 cm³/mol. The van der Waals surface area contributed by atoms with Crippen molar-refractivity contribution in [3.05, 3.63) is 71.8 Å². The first-order valence-electron chi connectivity index (χ1n) is 5.76. The molecule has 0 N–H and O–H groups in total. The van der Waals surface area contributed by atoms with Gasteiger partial charge in [-0.2, -0.15) is 30.3 Å². The van der Waals surface area contributed by atoms with Crippen molar-refractivity contribution in [2.75, 3.05) is 0 Å². The van der Waals surface area contributed by atoms with Crippen LogP contribution < -0.4 is 0 Å². The lowest BCUT2D eigenvalue weighted by Crippen LogP contribution is -2.20. The van der Waals surface area contributed by atoms with E-state index in [1.807, 2.05) is 12.1 Å². The van der Waals surface area contributed by atoms with Crippen molar-refractivity contribution in [3.63, 3.8) is 0 Å². The molecule has 2 heteroatoms. The third-order valence-corrected chi connectivity index (χ3v) is 2.77. The van der Waals surface area contributed by atoms with Crippen LogP contribution in [0.4, 0.5) is 0 Å². The van der Waals surface area contributed by atoms with Gasteiger partial charge in [0.2, 0.25) is 0 Å². The normalized spacial score (nSPS) is 11.8. The largest absolute Gasteiger partial charge is 0.299 e. The molecule has 0 bridgehead atoms. The second-order valence-corrected chi connectivity index (χ2v) is 4.09. The van der Waals surface area contributed by atoms with E-state index < -0.39 is 5.92 Å². The van der Waals surface area contributed by atoms with E-state index in [0.717, 1.165) is 0 Å². The Morgan fingerprint density at radius 2 is 1.67 bits per heavy atom. The summed E-state index contributed by atoms with van der Waals surface area (Å²) in [4.78, 5) is 24.1. The number of carbonyl (C=O) groups excluding carboxylic acids is 2. The Hall–Kier alpha value is -2.22. The summed E-state index contributed by atoms with van der Waals surface area (Å²) in [5, 5.41) is 0. The van der Waals surface area contributed by atoms with Gasteiger partial charge >= 0.3 is 0 Å². The third-order valence-electron chi connectivity index (χ3n) is 2.77. The summed E-state index contributed by atoms with van der Waals surface area (Å²) in [7, 11) is 0. The topological polar surface area (TPSA) is 34.1 Å². The van der Waals surface area contributed by atoms with Crippen LogP contribution in [0.2, 0.25) is 0 Å². The maximum Gasteiger partial charge on any atom is 0.175 e. The summed E-state index contributed by atoms with van der Waals surface area (Å²) in [6, 6.07) is 18.9. The van der Waals surface area contributed by atoms with E-state index in [4.69, 9.17) is 0 Å². The Morgan fingerprint density at radius 1 is 1.00 bits per heavy atom. The zero-order chi connectivity index (χ0) is 13.0. The predicted octanol–water partition coefficient (Wildman–Crippen LogP) is 3.04. The van der Waals surface area contributed by atoms with Gasteiger partial charge in [-0.05, 0) is 6.92 Å². The molecule has 1 unspecified atom stereocenters. The highest BCUT2D eigenvalue weighted by Crippen LogP contribution is 2.21. The number of rotatable bonds is 4. The molecule has 2 rings (SSSR count). The van der Waals surface area contributed by atoms with Crippen LogP contribution in [0.25, 0.3) is 0 Å². The fourth-order valence-electron chi connectivity index (χ4n) is 1.90. The van der Waals surface area contributed by atoms with Crippen LogP contribution in [0, 0.1) is 6.07 Å². The van der Waals surface area contributed by atoms with Crippen molar-refractivity contribution in [2.24, 2.45) is 0 Å². The first kappa shape index (κ1) is 12.2. The van der Waals surface area contributed by atoms with Crippen LogP contribution >= 0.6 is 0 Å². The average molecular weight is 237 g/mol. The van der Waals surface area contributed by atoms with E-state index in [1.165, 1.54) is 6.92 Å². The zero-order valence-corrected chi connectivity index (χ0v) is 10.1. The summed E-state index contributed by atoms with van der Waals surface area (Å²) < 4.78 is 0. The van der Waals surface area contributed by atoms with Crippen molar-refractivity contribution in [1.29, 1.82) is 0 Å². The molecular formula is C16H13O2-. The Balaban J connectivity index is 2.39. The highest BCUT2D eigenvalue weighted by molar-refractivity contribution is 6.14. The number of hydrogen-bond donors (Lipinski definition) is 0. The lowest BCUT2D eigenvalue weighted by molar-refractivity contribution is -0.117. The highest BCUT2D eigenvalue weighted by Gasteiger charge is 2.23. The average Bonchev–Trinajstić information content (AvgIpc) is 2.40. The van der Waals surface area contributed by atoms with Crippen molar-refractivity contribution in [1.82, 2.24) is 0 Å². The molecule has 0 heterocycles. The minimum atomic E-state index is -0.756. The van der Waals surface area contributed by atoms with Gasteiger partial charge in [0.15, 0.2) is 5.78 Å².